The van der Waals surface area contributed by atoms with E-state index in [0.29, 0.717) is 0 Å². The largest absolute Gasteiger partial charge is 0.397 e. The lowest BCUT2D eigenvalue weighted by Gasteiger charge is -2.16. The third kappa shape index (κ3) is 22.2. The molecule has 4 nitrogen and oxygen atoms in total. The molecule has 0 bridgehead atoms. The van der Waals surface area contributed by atoms with Crippen LogP contribution in [0.25, 0.3) is 0 Å². The number of unbranched alkanes of at least 4 members (excludes halogenated alkanes) is 15. The molecule has 28 heavy (non-hydrogen) atoms. The van der Waals surface area contributed by atoms with E-state index >= 15 is 0 Å². The molecule has 0 aromatic heterocycles. The van der Waals surface area contributed by atoms with Crippen molar-refractivity contribution < 1.29 is 17.2 Å². The summed E-state index contributed by atoms with van der Waals surface area (Å²) in [5.74, 6) is 0.242. The van der Waals surface area contributed by atoms with E-state index in [1.807, 2.05) is 0 Å². The van der Waals surface area contributed by atoms with Crippen LogP contribution in [-0.2, 0) is 14.6 Å². The fourth-order valence-electron chi connectivity index (χ4n) is 3.80. The van der Waals surface area contributed by atoms with Crippen molar-refractivity contribution in [1.29, 1.82) is 0 Å². The first-order valence-electron chi connectivity index (χ1n) is 12.1. The molecule has 0 fully saturated rings. The predicted molar refractivity (Wildman–Crippen MR) is 120 cm³/mol. The maximum atomic E-state index is 10.9. The molecular weight excluding hydrogens is 372 g/mol. The summed E-state index contributed by atoms with van der Waals surface area (Å²) in [7, 11) is -4.32. The first-order chi connectivity index (χ1) is 13.5. The van der Waals surface area contributed by atoms with E-state index in [0.717, 1.165) is 25.7 Å². The molecule has 0 rings (SSSR count). The molecule has 0 aromatic rings. The van der Waals surface area contributed by atoms with Gasteiger partial charge in [-0.15, -0.1) is 0 Å². The van der Waals surface area contributed by atoms with Gasteiger partial charge in [0.15, 0.2) is 0 Å². The van der Waals surface area contributed by atoms with Crippen LogP contribution in [0.2, 0.25) is 0 Å². The second-order valence-electron chi connectivity index (χ2n) is 8.46. The minimum Gasteiger partial charge on any atom is -0.264 e. The summed E-state index contributed by atoms with van der Waals surface area (Å²) in [5, 5.41) is 0. The van der Waals surface area contributed by atoms with Crippen molar-refractivity contribution in [2.24, 2.45) is 5.92 Å². The maximum absolute atomic E-state index is 10.9. The molecular formula is C23H48O4S. The van der Waals surface area contributed by atoms with Crippen LogP contribution in [-0.4, -0.2) is 19.6 Å². The van der Waals surface area contributed by atoms with Crippen molar-refractivity contribution in [2.45, 2.75) is 136 Å². The van der Waals surface area contributed by atoms with Gasteiger partial charge in [-0.2, -0.15) is 8.42 Å². The molecule has 0 amide bonds. The number of hydrogen-bond acceptors (Lipinski definition) is 3. The Balaban J connectivity index is 3.82. The van der Waals surface area contributed by atoms with E-state index in [1.165, 1.54) is 96.3 Å². The summed E-state index contributed by atoms with van der Waals surface area (Å²) < 4.78 is 35.3. The summed E-state index contributed by atoms with van der Waals surface area (Å²) in [5.41, 5.74) is 0. The minimum absolute atomic E-state index is 0.131. The molecule has 0 aliphatic carbocycles. The van der Waals surface area contributed by atoms with Crippen LogP contribution in [0.3, 0.4) is 0 Å². The van der Waals surface area contributed by atoms with E-state index in [2.05, 4.69) is 18.0 Å². The Hall–Kier alpha value is -0.130. The highest BCUT2D eigenvalue weighted by Gasteiger charge is 2.13. The SMILES string of the molecule is CCCCCCCCCCCC(CCCCCCCCCC)COS(=O)(=O)O. The number of rotatable bonds is 22. The van der Waals surface area contributed by atoms with Crippen molar-refractivity contribution in [1.82, 2.24) is 0 Å². The highest BCUT2D eigenvalue weighted by atomic mass is 32.3. The molecule has 170 valence electrons. The Kier molecular flexibility index (Phi) is 20.1. The van der Waals surface area contributed by atoms with Crippen LogP contribution >= 0.6 is 0 Å². The molecule has 0 saturated carbocycles. The van der Waals surface area contributed by atoms with Gasteiger partial charge in [-0.25, -0.2) is 4.18 Å². The molecule has 0 aromatic carbocycles. The van der Waals surface area contributed by atoms with Gasteiger partial charge in [-0.3, -0.25) is 4.55 Å². The first-order valence-corrected chi connectivity index (χ1v) is 13.5. The van der Waals surface area contributed by atoms with E-state index in [4.69, 9.17) is 4.55 Å². The van der Waals surface area contributed by atoms with E-state index in [9.17, 15) is 8.42 Å². The van der Waals surface area contributed by atoms with Crippen molar-refractivity contribution in [3.8, 4) is 0 Å². The third-order valence-electron chi connectivity index (χ3n) is 5.63. The van der Waals surface area contributed by atoms with Crippen molar-refractivity contribution in [2.75, 3.05) is 6.61 Å². The molecule has 1 unspecified atom stereocenters. The van der Waals surface area contributed by atoms with Crippen LogP contribution in [0.5, 0.6) is 0 Å². The topological polar surface area (TPSA) is 63.6 Å². The summed E-state index contributed by atoms with van der Waals surface area (Å²) in [4.78, 5) is 0. The van der Waals surface area contributed by atoms with E-state index in [1.54, 1.807) is 0 Å². The van der Waals surface area contributed by atoms with Crippen molar-refractivity contribution >= 4 is 10.4 Å². The summed E-state index contributed by atoms with van der Waals surface area (Å²) in [6.07, 6.45) is 23.9. The molecule has 0 aliphatic heterocycles. The molecule has 0 aliphatic rings. The fraction of sp³-hybridized carbons (Fsp3) is 1.00. The van der Waals surface area contributed by atoms with Crippen LogP contribution in [0, 0.1) is 5.92 Å². The monoisotopic (exact) mass is 420 g/mol. The Bertz CT molecular complexity index is 409. The van der Waals surface area contributed by atoms with Crippen molar-refractivity contribution in [3.63, 3.8) is 0 Å². The quantitative estimate of drug-likeness (QED) is 0.143. The van der Waals surface area contributed by atoms with Crippen LogP contribution in [0.15, 0.2) is 0 Å². The zero-order valence-corrected chi connectivity index (χ0v) is 19.6. The lowest BCUT2D eigenvalue weighted by atomic mass is 9.94. The maximum Gasteiger partial charge on any atom is 0.397 e. The Morgan fingerprint density at radius 2 is 0.929 bits per heavy atom. The first kappa shape index (κ1) is 27.9. The lowest BCUT2D eigenvalue weighted by Crippen LogP contribution is -2.14. The molecule has 5 heteroatoms. The minimum atomic E-state index is -4.32. The van der Waals surface area contributed by atoms with Gasteiger partial charge >= 0.3 is 10.4 Å². The van der Waals surface area contributed by atoms with E-state index in [-0.39, 0.29) is 12.5 Å². The van der Waals surface area contributed by atoms with Crippen LogP contribution in [0.1, 0.15) is 136 Å². The van der Waals surface area contributed by atoms with Gasteiger partial charge < -0.3 is 0 Å². The summed E-state index contributed by atoms with van der Waals surface area (Å²) >= 11 is 0. The van der Waals surface area contributed by atoms with Crippen LogP contribution in [0.4, 0.5) is 0 Å². The number of hydrogen-bond donors (Lipinski definition) is 1. The standard InChI is InChI=1S/C23H48O4S/c1-3-5-7-9-11-13-15-17-19-21-23(22-27-28(24,25)26)20-18-16-14-12-10-8-6-4-2/h23H,3-22H2,1-2H3,(H,24,25,26). The highest BCUT2D eigenvalue weighted by molar-refractivity contribution is 7.80. The van der Waals surface area contributed by atoms with E-state index < -0.39 is 10.4 Å². The highest BCUT2D eigenvalue weighted by Crippen LogP contribution is 2.20. The van der Waals surface area contributed by atoms with Gasteiger partial charge in [0, 0.05) is 0 Å². The molecule has 0 heterocycles. The Morgan fingerprint density at radius 3 is 1.25 bits per heavy atom. The van der Waals surface area contributed by atoms with Crippen molar-refractivity contribution in [3.05, 3.63) is 0 Å². The second kappa shape index (κ2) is 20.2. The van der Waals surface area contributed by atoms with Gasteiger partial charge in [0.2, 0.25) is 0 Å². The second-order valence-corrected chi connectivity index (χ2v) is 9.55. The zero-order valence-electron chi connectivity index (χ0n) is 18.8. The Labute approximate surface area is 176 Å². The lowest BCUT2D eigenvalue weighted by molar-refractivity contribution is 0.204. The average Bonchev–Trinajstić information content (AvgIpc) is 2.65. The van der Waals surface area contributed by atoms with Gasteiger partial charge in [-0.05, 0) is 18.8 Å². The zero-order chi connectivity index (χ0) is 20.9. The summed E-state index contributed by atoms with van der Waals surface area (Å²) in [6, 6.07) is 0. The van der Waals surface area contributed by atoms with Gasteiger partial charge in [-0.1, -0.05) is 123 Å². The molecule has 1 atom stereocenters. The smallest absolute Gasteiger partial charge is 0.264 e. The van der Waals surface area contributed by atoms with Gasteiger partial charge in [0.05, 0.1) is 6.61 Å². The van der Waals surface area contributed by atoms with Gasteiger partial charge in [0.25, 0.3) is 0 Å². The van der Waals surface area contributed by atoms with Gasteiger partial charge in [0.1, 0.15) is 0 Å². The van der Waals surface area contributed by atoms with Crippen LogP contribution < -0.4 is 0 Å². The molecule has 0 radical (unpaired) electrons. The predicted octanol–water partition coefficient (Wildman–Crippen LogP) is 7.87. The molecule has 0 saturated heterocycles. The fourth-order valence-corrected chi connectivity index (χ4v) is 4.17. The molecule has 1 N–H and O–H groups in total. The average molecular weight is 421 g/mol. The Morgan fingerprint density at radius 1 is 0.607 bits per heavy atom. The molecule has 0 spiro atoms. The normalized spacial score (nSPS) is 13.1. The third-order valence-corrected chi connectivity index (χ3v) is 6.07. The summed E-state index contributed by atoms with van der Waals surface area (Å²) in [6.45, 7) is 4.62.